The Morgan fingerprint density at radius 2 is 1.63 bits per heavy atom. The first kappa shape index (κ1) is 22.6. The molecule has 0 heterocycles. The van der Waals surface area contributed by atoms with Gasteiger partial charge in [-0.25, -0.2) is 0 Å². The molecule has 0 aromatic heterocycles. The molecule has 2 saturated carbocycles. The summed E-state index contributed by atoms with van der Waals surface area (Å²) in [4.78, 5) is 29.1. The zero-order valence-corrected chi connectivity index (χ0v) is 19.8. The third-order valence-electron chi connectivity index (χ3n) is 7.49. The maximum atomic E-state index is 13.7. The summed E-state index contributed by atoms with van der Waals surface area (Å²) in [5.41, 5.74) is 3.40. The molecular formula is C26H38N2O2. The van der Waals surface area contributed by atoms with Crippen LogP contribution in [0.1, 0.15) is 70.9 Å². The largest absolute Gasteiger partial charge is 0.331 e. The summed E-state index contributed by atoms with van der Waals surface area (Å²) in [7, 11) is 1.85. The third-order valence-corrected chi connectivity index (χ3v) is 7.49. The minimum Gasteiger partial charge on any atom is -0.331 e. The number of carbonyl (C=O) groups is 2. The summed E-state index contributed by atoms with van der Waals surface area (Å²) in [5, 5.41) is 3.20. The molecule has 2 fully saturated rings. The summed E-state index contributed by atoms with van der Waals surface area (Å²) in [6, 6.07) is 6.04. The highest BCUT2D eigenvalue weighted by Gasteiger charge is 2.62. The fourth-order valence-corrected chi connectivity index (χ4v) is 5.33. The molecule has 1 aromatic rings. The first-order valence-corrected chi connectivity index (χ1v) is 11.3. The molecular weight excluding hydrogens is 372 g/mol. The van der Waals surface area contributed by atoms with E-state index in [0.717, 1.165) is 48.9 Å². The molecule has 0 bridgehead atoms. The Kier molecular flexibility index (Phi) is 6.18. The molecule has 30 heavy (non-hydrogen) atoms. The van der Waals surface area contributed by atoms with E-state index in [4.69, 9.17) is 0 Å². The van der Waals surface area contributed by atoms with Crippen molar-refractivity contribution in [1.29, 1.82) is 0 Å². The van der Waals surface area contributed by atoms with Crippen LogP contribution in [-0.2, 0) is 9.59 Å². The third kappa shape index (κ3) is 3.93. The number of carbonyl (C=O) groups excluding carboxylic acids is 2. The number of likely N-dealkylation sites (N-methyl/N-ethyl adjacent to an activating group) is 1. The number of anilines is 1. The van der Waals surface area contributed by atoms with Crippen LogP contribution in [0.4, 0.5) is 5.69 Å². The van der Waals surface area contributed by atoms with Gasteiger partial charge in [-0.05, 0) is 63.0 Å². The van der Waals surface area contributed by atoms with E-state index in [2.05, 4.69) is 39.1 Å². The smallest absolute Gasteiger partial charge is 0.250 e. The highest BCUT2D eigenvalue weighted by molar-refractivity contribution is 6.02. The van der Waals surface area contributed by atoms with E-state index in [1.54, 1.807) is 4.90 Å². The summed E-state index contributed by atoms with van der Waals surface area (Å²) < 4.78 is 0. The normalized spacial score (nSPS) is 24.0. The van der Waals surface area contributed by atoms with E-state index in [1.165, 1.54) is 5.57 Å². The molecule has 0 spiro atoms. The van der Waals surface area contributed by atoms with Crippen molar-refractivity contribution in [1.82, 2.24) is 4.90 Å². The molecule has 4 nitrogen and oxygen atoms in total. The number of para-hydroxylation sites is 1. The first-order valence-electron chi connectivity index (χ1n) is 11.3. The van der Waals surface area contributed by atoms with Gasteiger partial charge >= 0.3 is 0 Å². The highest BCUT2D eigenvalue weighted by Crippen LogP contribution is 2.60. The van der Waals surface area contributed by atoms with Crippen LogP contribution < -0.4 is 5.32 Å². The molecule has 0 radical (unpaired) electrons. The molecule has 2 aliphatic carbocycles. The van der Waals surface area contributed by atoms with Gasteiger partial charge in [0, 0.05) is 12.7 Å². The van der Waals surface area contributed by atoms with Gasteiger partial charge in [-0.15, -0.1) is 0 Å². The summed E-state index contributed by atoms with van der Waals surface area (Å²) in [5.74, 6) is 0.276. The number of nitrogens with one attached hydrogen (secondary N) is 1. The molecule has 2 amide bonds. The van der Waals surface area contributed by atoms with Gasteiger partial charge in [0.1, 0.15) is 5.54 Å². The van der Waals surface area contributed by atoms with E-state index in [1.807, 2.05) is 39.1 Å². The van der Waals surface area contributed by atoms with Crippen molar-refractivity contribution in [2.75, 3.05) is 12.4 Å². The Morgan fingerprint density at radius 3 is 2.17 bits per heavy atom. The molecule has 164 valence electrons. The second-order valence-corrected chi connectivity index (χ2v) is 10.3. The lowest BCUT2D eigenvalue weighted by Gasteiger charge is -2.43. The molecule has 1 N–H and O–H groups in total. The number of nitrogens with zero attached hydrogens (tertiary/aromatic N) is 1. The number of allylic oxidation sites excluding steroid dienone is 2. The van der Waals surface area contributed by atoms with Crippen LogP contribution in [0.15, 0.2) is 29.8 Å². The predicted octanol–water partition coefficient (Wildman–Crippen LogP) is 5.64. The fraction of sp³-hybridized carbons (Fsp3) is 0.615. The van der Waals surface area contributed by atoms with E-state index in [-0.39, 0.29) is 29.1 Å². The maximum absolute atomic E-state index is 13.7. The van der Waals surface area contributed by atoms with E-state index >= 15 is 0 Å². The number of aryl methyl sites for hydroxylation is 2. The predicted molar refractivity (Wildman–Crippen MR) is 123 cm³/mol. The average molecular weight is 411 g/mol. The van der Waals surface area contributed by atoms with Gasteiger partial charge in [0.05, 0.1) is 5.92 Å². The minimum absolute atomic E-state index is 0.0346. The number of rotatable bonds is 5. The summed E-state index contributed by atoms with van der Waals surface area (Å²) in [6.07, 6.45) is 6.75. The lowest BCUT2D eigenvalue weighted by Crippen LogP contribution is -2.59. The molecule has 2 atom stereocenters. The Bertz CT molecular complexity index is 838. The Balaban J connectivity index is 1.89. The van der Waals surface area contributed by atoms with Crippen LogP contribution >= 0.6 is 0 Å². The molecule has 0 aliphatic heterocycles. The van der Waals surface area contributed by atoms with Crippen LogP contribution in [0, 0.1) is 31.1 Å². The molecule has 4 heteroatoms. The SMILES string of the molecule is CC(C)=CC1C(C(=O)N(C)C2(C(=O)Nc3c(C)cccc3C)CCCCC2)C1(C)C. The number of amides is 2. The van der Waals surface area contributed by atoms with Gasteiger partial charge in [0.2, 0.25) is 11.8 Å². The fourth-order valence-electron chi connectivity index (χ4n) is 5.33. The van der Waals surface area contributed by atoms with Gasteiger partial charge in [0.15, 0.2) is 0 Å². The van der Waals surface area contributed by atoms with Gasteiger partial charge < -0.3 is 10.2 Å². The maximum Gasteiger partial charge on any atom is 0.250 e. The topological polar surface area (TPSA) is 49.4 Å². The number of hydrogen-bond acceptors (Lipinski definition) is 2. The van der Waals surface area contributed by atoms with Crippen LogP contribution in [-0.4, -0.2) is 29.3 Å². The van der Waals surface area contributed by atoms with E-state index in [0.29, 0.717) is 0 Å². The zero-order chi connectivity index (χ0) is 22.3. The van der Waals surface area contributed by atoms with Crippen molar-refractivity contribution in [3.05, 3.63) is 41.0 Å². The average Bonchev–Trinajstić information content (AvgIpc) is 3.22. The van der Waals surface area contributed by atoms with E-state index in [9.17, 15) is 9.59 Å². The van der Waals surface area contributed by atoms with Crippen molar-refractivity contribution in [2.45, 2.75) is 79.2 Å². The molecule has 2 unspecified atom stereocenters. The van der Waals surface area contributed by atoms with Gasteiger partial charge in [-0.3, -0.25) is 9.59 Å². The van der Waals surface area contributed by atoms with Crippen LogP contribution in [0.25, 0.3) is 0 Å². The molecule has 3 rings (SSSR count). The van der Waals surface area contributed by atoms with Crippen molar-refractivity contribution in [3.63, 3.8) is 0 Å². The van der Waals surface area contributed by atoms with Crippen molar-refractivity contribution in [3.8, 4) is 0 Å². The molecule has 0 saturated heterocycles. The quantitative estimate of drug-likeness (QED) is 0.639. The van der Waals surface area contributed by atoms with Gasteiger partial charge in [-0.2, -0.15) is 0 Å². The second-order valence-electron chi connectivity index (χ2n) is 10.3. The Hall–Kier alpha value is -2.10. The zero-order valence-electron chi connectivity index (χ0n) is 19.8. The highest BCUT2D eigenvalue weighted by atomic mass is 16.2. The van der Waals surface area contributed by atoms with Gasteiger partial charge in [0.25, 0.3) is 0 Å². The van der Waals surface area contributed by atoms with Gasteiger partial charge in [-0.1, -0.05) is 63.0 Å². The lowest BCUT2D eigenvalue weighted by atomic mass is 9.79. The van der Waals surface area contributed by atoms with Crippen molar-refractivity contribution < 1.29 is 9.59 Å². The number of benzene rings is 1. The van der Waals surface area contributed by atoms with Crippen LogP contribution in [0.3, 0.4) is 0 Å². The standard InChI is InChI=1S/C26H38N2O2/c1-17(2)16-20-21(25(20,5)6)23(29)28(7)26(14-9-8-10-15-26)24(30)27-22-18(3)12-11-13-19(22)4/h11-13,16,20-21H,8-10,14-15H2,1-7H3,(H,27,30). The van der Waals surface area contributed by atoms with E-state index < -0.39 is 5.54 Å². The van der Waals surface area contributed by atoms with Crippen LogP contribution in [0.2, 0.25) is 0 Å². The Labute approximate surface area is 182 Å². The van der Waals surface area contributed by atoms with Crippen molar-refractivity contribution in [2.24, 2.45) is 17.3 Å². The lowest BCUT2D eigenvalue weighted by molar-refractivity contribution is -0.147. The minimum atomic E-state index is -0.766. The number of hydrogen-bond donors (Lipinski definition) is 1. The molecule has 2 aliphatic rings. The first-order chi connectivity index (χ1) is 14.0. The monoisotopic (exact) mass is 410 g/mol. The van der Waals surface area contributed by atoms with Crippen molar-refractivity contribution >= 4 is 17.5 Å². The summed E-state index contributed by atoms with van der Waals surface area (Å²) in [6.45, 7) is 12.5. The summed E-state index contributed by atoms with van der Waals surface area (Å²) >= 11 is 0. The molecule has 1 aromatic carbocycles. The Morgan fingerprint density at radius 1 is 1.07 bits per heavy atom. The second kappa shape index (κ2) is 8.20. The van der Waals surface area contributed by atoms with Crippen LogP contribution in [0.5, 0.6) is 0 Å².